The van der Waals surface area contributed by atoms with Crippen LogP contribution < -0.4 is 5.06 Å². The number of Topliss-reactive ketones (excluding diaryl/α,β-unsaturated/α-hetero) is 1. The fraction of sp³-hybridized carbons (Fsp3) is 0.167. The van der Waals surface area contributed by atoms with Crippen molar-refractivity contribution in [3.05, 3.63) is 126 Å². The van der Waals surface area contributed by atoms with Gasteiger partial charge in [0, 0.05) is 12.0 Å². The maximum absolute atomic E-state index is 13.6. The third-order valence-electron chi connectivity index (χ3n) is 6.28. The Hall–Kier alpha value is -4.07. The van der Waals surface area contributed by atoms with E-state index in [1.807, 2.05) is 103 Å². The molecule has 3 atom stereocenters. The molecule has 1 fully saturated rings. The lowest BCUT2D eigenvalue weighted by molar-refractivity contribution is -0.137. The zero-order valence-electron chi connectivity index (χ0n) is 18.9. The molecule has 0 bridgehead atoms. The lowest BCUT2D eigenvalue weighted by Gasteiger charge is -2.48. The summed E-state index contributed by atoms with van der Waals surface area (Å²) in [6, 6.07) is 32.7. The van der Waals surface area contributed by atoms with Gasteiger partial charge in [0.25, 0.3) is 0 Å². The van der Waals surface area contributed by atoms with Crippen LogP contribution in [0.3, 0.4) is 0 Å². The summed E-state index contributed by atoms with van der Waals surface area (Å²) in [7, 11) is 0. The van der Waals surface area contributed by atoms with Gasteiger partial charge >= 0.3 is 0 Å². The molecule has 34 heavy (non-hydrogen) atoms. The Labute approximate surface area is 199 Å². The van der Waals surface area contributed by atoms with E-state index in [0.29, 0.717) is 12.2 Å². The Morgan fingerprint density at radius 2 is 1.53 bits per heavy atom. The molecule has 1 aliphatic rings. The zero-order chi connectivity index (χ0) is 23.4. The minimum atomic E-state index is -1.07. The van der Waals surface area contributed by atoms with Crippen LogP contribution in [0.5, 0.6) is 0 Å². The van der Waals surface area contributed by atoms with E-state index in [1.54, 1.807) is 18.3 Å². The highest BCUT2D eigenvalue weighted by Crippen LogP contribution is 2.52. The second-order valence-electron chi connectivity index (χ2n) is 8.43. The number of nitrogens with zero attached hydrogens (tertiary/aromatic N) is 1. The van der Waals surface area contributed by atoms with Crippen LogP contribution in [0.15, 0.2) is 114 Å². The first-order valence-electron chi connectivity index (χ1n) is 11.4. The van der Waals surface area contributed by atoms with Gasteiger partial charge in [0.2, 0.25) is 0 Å². The Morgan fingerprint density at radius 3 is 2.15 bits per heavy atom. The summed E-state index contributed by atoms with van der Waals surface area (Å²) < 4.78 is 5.88. The van der Waals surface area contributed by atoms with Crippen LogP contribution in [0.2, 0.25) is 0 Å². The van der Waals surface area contributed by atoms with Gasteiger partial charge in [-0.2, -0.15) is 0 Å². The molecular formula is C30H25NO3. The Balaban J connectivity index is 1.72. The van der Waals surface area contributed by atoms with Gasteiger partial charge < -0.3 is 4.42 Å². The monoisotopic (exact) mass is 447 g/mol. The lowest BCUT2D eigenvalue weighted by atomic mass is 9.70. The number of furan rings is 1. The van der Waals surface area contributed by atoms with Crippen molar-refractivity contribution in [2.24, 2.45) is 5.41 Å². The molecule has 0 aliphatic carbocycles. The summed E-state index contributed by atoms with van der Waals surface area (Å²) in [5.74, 6) is 7.29. The molecule has 4 nitrogen and oxygen atoms in total. The number of hydroxylamine groups is 1. The second kappa shape index (κ2) is 9.43. The minimum absolute atomic E-state index is 0.0255. The van der Waals surface area contributed by atoms with Gasteiger partial charge in [-0.3, -0.25) is 9.63 Å². The van der Waals surface area contributed by atoms with Crippen molar-refractivity contribution in [2.45, 2.75) is 25.5 Å². The highest BCUT2D eigenvalue weighted by Gasteiger charge is 2.54. The van der Waals surface area contributed by atoms with Crippen molar-refractivity contribution >= 4 is 11.5 Å². The molecule has 1 aliphatic heterocycles. The van der Waals surface area contributed by atoms with Gasteiger partial charge in [-0.05, 0) is 48.9 Å². The fourth-order valence-corrected chi connectivity index (χ4v) is 4.52. The molecule has 0 N–H and O–H groups in total. The number of carbonyl (C=O) groups excluding carboxylic acids is 1. The zero-order valence-corrected chi connectivity index (χ0v) is 18.9. The van der Waals surface area contributed by atoms with E-state index in [-0.39, 0.29) is 11.9 Å². The van der Waals surface area contributed by atoms with Gasteiger partial charge in [0.1, 0.15) is 23.3 Å². The van der Waals surface area contributed by atoms with Crippen LogP contribution in [0.4, 0.5) is 5.69 Å². The van der Waals surface area contributed by atoms with E-state index >= 15 is 0 Å². The molecule has 3 aromatic carbocycles. The molecule has 1 saturated heterocycles. The summed E-state index contributed by atoms with van der Waals surface area (Å²) in [5, 5.41) is 1.81. The molecule has 168 valence electrons. The predicted molar refractivity (Wildman–Crippen MR) is 132 cm³/mol. The summed E-state index contributed by atoms with van der Waals surface area (Å²) >= 11 is 0. The highest BCUT2D eigenvalue weighted by molar-refractivity contribution is 5.88. The highest BCUT2D eigenvalue weighted by atomic mass is 16.7. The quantitative estimate of drug-likeness (QED) is 0.334. The van der Waals surface area contributed by atoms with Gasteiger partial charge in [0.15, 0.2) is 5.78 Å². The van der Waals surface area contributed by atoms with Crippen molar-refractivity contribution in [1.29, 1.82) is 0 Å². The maximum atomic E-state index is 13.6. The molecule has 4 heteroatoms. The first-order chi connectivity index (χ1) is 16.7. The van der Waals surface area contributed by atoms with Crippen molar-refractivity contribution in [3.63, 3.8) is 0 Å². The number of rotatable bonds is 4. The third kappa shape index (κ3) is 4.14. The largest absolute Gasteiger partial charge is 0.467 e. The normalized spacial score (nSPS) is 22.0. The number of ketones is 1. The standard InChI is InChI=1S/C30H25NO3/c1-23(32)30(20-19-24-12-5-2-6-13-24)22-28(25-14-7-3-8-15-25)34-31(26-16-9-4-10-17-26)29(30)27-18-11-21-33-27/h2-18,21,28-29H,22H2,1H3/t28-,29-,30+/m1/s1. The number of carbonyl (C=O) groups is 1. The third-order valence-corrected chi connectivity index (χ3v) is 6.28. The van der Waals surface area contributed by atoms with Crippen molar-refractivity contribution in [3.8, 4) is 11.8 Å². The molecule has 0 amide bonds. The number of para-hydroxylation sites is 1. The average molecular weight is 448 g/mol. The molecule has 0 unspecified atom stereocenters. The van der Waals surface area contributed by atoms with E-state index in [0.717, 1.165) is 16.8 Å². The van der Waals surface area contributed by atoms with E-state index in [2.05, 4.69) is 11.8 Å². The van der Waals surface area contributed by atoms with E-state index in [4.69, 9.17) is 9.25 Å². The first kappa shape index (κ1) is 21.8. The van der Waals surface area contributed by atoms with Crippen LogP contribution in [0.25, 0.3) is 0 Å². The summed E-state index contributed by atoms with van der Waals surface area (Å²) in [4.78, 5) is 20.2. The molecule has 1 aromatic heterocycles. The van der Waals surface area contributed by atoms with Crippen molar-refractivity contribution < 1.29 is 14.0 Å². The maximum Gasteiger partial charge on any atom is 0.150 e. The first-order valence-corrected chi connectivity index (χ1v) is 11.4. The second-order valence-corrected chi connectivity index (χ2v) is 8.43. The lowest BCUT2D eigenvalue weighted by Crippen LogP contribution is -2.50. The summed E-state index contributed by atoms with van der Waals surface area (Å²) in [6.45, 7) is 1.62. The van der Waals surface area contributed by atoms with E-state index < -0.39 is 11.5 Å². The molecule has 0 saturated carbocycles. The van der Waals surface area contributed by atoms with Crippen molar-refractivity contribution in [1.82, 2.24) is 0 Å². The molecular weight excluding hydrogens is 422 g/mol. The van der Waals surface area contributed by atoms with Gasteiger partial charge in [0.05, 0.1) is 12.0 Å². The number of anilines is 1. The van der Waals surface area contributed by atoms with Crippen LogP contribution in [0, 0.1) is 17.3 Å². The Bertz CT molecular complexity index is 1290. The smallest absolute Gasteiger partial charge is 0.150 e. The Kier molecular flexibility index (Phi) is 6.03. The van der Waals surface area contributed by atoms with Crippen LogP contribution >= 0.6 is 0 Å². The SMILES string of the molecule is CC(=O)[C@]1(C#Cc2ccccc2)C[C@H](c2ccccc2)ON(c2ccccc2)[C@@H]1c1ccco1. The predicted octanol–water partition coefficient (Wildman–Crippen LogP) is 6.53. The molecule has 0 radical (unpaired) electrons. The van der Waals surface area contributed by atoms with Gasteiger partial charge in [-0.15, -0.1) is 0 Å². The van der Waals surface area contributed by atoms with Crippen LogP contribution in [-0.4, -0.2) is 5.78 Å². The van der Waals surface area contributed by atoms with Gasteiger partial charge in [-0.1, -0.05) is 78.6 Å². The average Bonchev–Trinajstić information content (AvgIpc) is 3.43. The minimum Gasteiger partial charge on any atom is -0.467 e. The number of benzene rings is 3. The summed E-state index contributed by atoms with van der Waals surface area (Å²) in [5.41, 5.74) is 1.61. The molecule has 0 spiro atoms. The van der Waals surface area contributed by atoms with Crippen molar-refractivity contribution in [2.75, 3.05) is 5.06 Å². The topological polar surface area (TPSA) is 42.7 Å². The van der Waals surface area contributed by atoms with E-state index in [1.165, 1.54) is 0 Å². The molecule has 5 rings (SSSR count). The van der Waals surface area contributed by atoms with Crippen LogP contribution in [0.1, 0.15) is 42.4 Å². The summed E-state index contributed by atoms with van der Waals surface area (Å²) in [6.07, 6.45) is 1.67. The van der Waals surface area contributed by atoms with E-state index in [9.17, 15) is 4.79 Å². The fourth-order valence-electron chi connectivity index (χ4n) is 4.52. The molecule has 4 aromatic rings. The van der Waals surface area contributed by atoms with Crippen LogP contribution in [-0.2, 0) is 9.63 Å². The molecule has 2 heterocycles. The number of hydrogen-bond acceptors (Lipinski definition) is 4. The number of hydrogen-bond donors (Lipinski definition) is 0. The van der Waals surface area contributed by atoms with Gasteiger partial charge in [-0.25, -0.2) is 5.06 Å². The Morgan fingerprint density at radius 1 is 0.882 bits per heavy atom.